The third-order valence-corrected chi connectivity index (χ3v) is 3.35. The SMILES string of the molecule is CCN(CCN(CC(=O)O)CC(=O)O)CCN(CC(=O)O)CC(=O)O.[Cl][Ru]. The Morgan fingerprint density at radius 1 is 0.630 bits per heavy atom. The molecule has 0 heterocycles. The molecule has 0 aromatic heterocycles. The zero-order chi connectivity index (χ0) is 21.4. The van der Waals surface area contributed by atoms with Gasteiger partial charge in [-0.3, -0.25) is 29.0 Å². The van der Waals surface area contributed by atoms with E-state index in [1.54, 1.807) is 0 Å². The van der Waals surface area contributed by atoms with Gasteiger partial charge in [-0.1, -0.05) is 6.92 Å². The number of nitrogens with zero attached hydrogens (tertiary/aromatic N) is 3. The van der Waals surface area contributed by atoms with Crippen molar-refractivity contribution < 1.29 is 56.9 Å². The topological polar surface area (TPSA) is 159 Å². The van der Waals surface area contributed by atoms with Crippen molar-refractivity contribution in [2.75, 3.05) is 58.9 Å². The van der Waals surface area contributed by atoms with Gasteiger partial charge in [-0.25, -0.2) is 0 Å². The van der Waals surface area contributed by atoms with Gasteiger partial charge in [0.1, 0.15) is 0 Å². The zero-order valence-corrected chi connectivity index (χ0v) is 17.4. The van der Waals surface area contributed by atoms with E-state index in [1.807, 2.05) is 29.1 Å². The second kappa shape index (κ2) is 16.8. The predicted octanol–water partition coefficient (Wildman–Crippen LogP) is -1.06. The normalized spacial score (nSPS) is 10.6. The van der Waals surface area contributed by atoms with Crippen molar-refractivity contribution in [2.45, 2.75) is 6.92 Å². The first kappa shape index (κ1) is 27.9. The summed E-state index contributed by atoms with van der Waals surface area (Å²) in [6, 6.07) is 0. The summed E-state index contributed by atoms with van der Waals surface area (Å²) >= 11 is 1.82. The average Bonchev–Trinajstić information content (AvgIpc) is 2.54. The fraction of sp³-hybridized carbons (Fsp3) is 0.714. The summed E-state index contributed by atoms with van der Waals surface area (Å²) in [5, 5.41) is 35.2. The van der Waals surface area contributed by atoms with Gasteiger partial charge in [0.05, 0.1) is 26.2 Å². The Morgan fingerprint density at radius 2 is 0.852 bits per heavy atom. The maximum atomic E-state index is 10.8. The summed E-state index contributed by atoms with van der Waals surface area (Å²) in [5.41, 5.74) is 0. The fourth-order valence-electron chi connectivity index (χ4n) is 2.19. The quantitative estimate of drug-likeness (QED) is 0.203. The molecule has 0 aliphatic heterocycles. The van der Waals surface area contributed by atoms with Crippen molar-refractivity contribution in [1.29, 1.82) is 0 Å². The van der Waals surface area contributed by atoms with E-state index in [0.29, 0.717) is 19.6 Å². The summed E-state index contributed by atoms with van der Waals surface area (Å²) in [6.07, 6.45) is 0. The number of carboxylic acids is 4. The number of carboxylic acid groups (broad SMARTS) is 4. The minimum absolute atomic E-state index is 0.213. The predicted molar refractivity (Wildman–Crippen MR) is 91.4 cm³/mol. The Balaban J connectivity index is 0. The molecule has 0 bridgehead atoms. The molecule has 4 N–H and O–H groups in total. The van der Waals surface area contributed by atoms with Gasteiger partial charge < -0.3 is 25.3 Å². The van der Waals surface area contributed by atoms with E-state index in [-0.39, 0.29) is 13.1 Å². The van der Waals surface area contributed by atoms with Gasteiger partial charge in [0.15, 0.2) is 0 Å². The minimum atomic E-state index is -1.13. The second-order valence-corrected chi connectivity index (χ2v) is 5.43. The van der Waals surface area contributed by atoms with Crippen LogP contribution in [0, 0.1) is 0 Å². The van der Waals surface area contributed by atoms with E-state index >= 15 is 0 Å². The molecule has 0 atom stereocenters. The number of aliphatic carboxylic acids is 4. The zero-order valence-electron chi connectivity index (χ0n) is 14.9. The summed E-state index contributed by atoms with van der Waals surface area (Å²) in [5.74, 6) is -4.51. The molecule has 0 unspecified atom stereocenters. The molecule has 159 valence electrons. The molecular formula is C14H25ClN3O8Ru. The van der Waals surface area contributed by atoms with Crippen LogP contribution in [0.4, 0.5) is 0 Å². The van der Waals surface area contributed by atoms with Crippen LogP contribution in [-0.2, 0) is 36.5 Å². The molecule has 11 nitrogen and oxygen atoms in total. The molecule has 0 aromatic carbocycles. The van der Waals surface area contributed by atoms with Crippen molar-refractivity contribution >= 4 is 33.6 Å². The van der Waals surface area contributed by atoms with Crippen molar-refractivity contribution in [3.05, 3.63) is 0 Å². The van der Waals surface area contributed by atoms with Crippen LogP contribution in [0.5, 0.6) is 0 Å². The van der Waals surface area contributed by atoms with E-state index in [1.165, 1.54) is 9.80 Å². The van der Waals surface area contributed by atoms with Crippen LogP contribution < -0.4 is 0 Å². The summed E-state index contributed by atoms with van der Waals surface area (Å²) in [4.78, 5) is 47.5. The molecule has 0 aromatic rings. The molecule has 0 rings (SSSR count). The van der Waals surface area contributed by atoms with Crippen molar-refractivity contribution in [2.24, 2.45) is 0 Å². The third-order valence-electron chi connectivity index (χ3n) is 3.35. The Bertz CT molecular complexity index is 411. The van der Waals surface area contributed by atoms with Gasteiger partial charge in [0.25, 0.3) is 0 Å². The maximum absolute atomic E-state index is 10.8. The van der Waals surface area contributed by atoms with Crippen LogP contribution in [0.25, 0.3) is 0 Å². The number of likely N-dealkylation sites (N-methyl/N-ethyl adjacent to an activating group) is 1. The second-order valence-electron chi connectivity index (χ2n) is 5.43. The molecule has 0 aliphatic rings. The first-order valence-electron chi connectivity index (χ1n) is 7.81. The molecular weight excluding hydrogens is 475 g/mol. The van der Waals surface area contributed by atoms with E-state index in [4.69, 9.17) is 20.4 Å². The van der Waals surface area contributed by atoms with Crippen molar-refractivity contribution in [1.82, 2.24) is 14.7 Å². The molecule has 13 heteroatoms. The molecule has 0 radical (unpaired) electrons. The van der Waals surface area contributed by atoms with Crippen LogP contribution >= 0.6 is 9.69 Å². The molecule has 0 fully saturated rings. The van der Waals surface area contributed by atoms with Gasteiger partial charge in [-0.2, -0.15) is 0 Å². The Hall–Kier alpha value is -1.33. The monoisotopic (exact) mass is 500 g/mol. The van der Waals surface area contributed by atoms with E-state index < -0.39 is 50.1 Å². The number of hydrogen-bond acceptors (Lipinski definition) is 7. The van der Waals surface area contributed by atoms with Crippen LogP contribution in [0.3, 0.4) is 0 Å². The van der Waals surface area contributed by atoms with Crippen molar-refractivity contribution in [3.8, 4) is 0 Å². The van der Waals surface area contributed by atoms with Crippen LogP contribution in [0.1, 0.15) is 6.92 Å². The summed E-state index contributed by atoms with van der Waals surface area (Å²) < 4.78 is 0. The number of rotatable bonds is 15. The molecule has 0 spiro atoms. The van der Waals surface area contributed by atoms with Gasteiger partial charge in [-0.05, 0) is 6.54 Å². The van der Waals surface area contributed by atoms with E-state index in [9.17, 15) is 19.2 Å². The molecule has 0 saturated heterocycles. The molecule has 27 heavy (non-hydrogen) atoms. The molecule has 0 amide bonds. The Morgan fingerprint density at radius 3 is 1.04 bits per heavy atom. The Labute approximate surface area is 171 Å². The van der Waals surface area contributed by atoms with Gasteiger partial charge in [0.2, 0.25) is 0 Å². The van der Waals surface area contributed by atoms with Gasteiger partial charge >= 0.3 is 50.9 Å². The Kier molecular flexibility index (Phi) is 17.4. The first-order valence-corrected chi connectivity index (χ1v) is 10.1. The fourth-order valence-corrected chi connectivity index (χ4v) is 2.19. The summed E-state index contributed by atoms with van der Waals surface area (Å²) in [7, 11) is 4.57. The van der Waals surface area contributed by atoms with Gasteiger partial charge in [0, 0.05) is 26.2 Å². The average molecular weight is 500 g/mol. The van der Waals surface area contributed by atoms with E-state index in [2.05, 4.69) is 9.69 Å². The van der Waals surface area contributed by atoms with Crippen LogP contribution in [0.2, 0.25) is 0 Å². The number of hydrogen-bond donors (Lipinski definition) is 4. The van der Waals surface area contributed by atoms with Crippen LogP contribution in [-0.4, -0.2) is 118 Å². The number of halogens is 1. The van der Waals surface area contributed by atoms with E-state index in [0.717, 1.165) is 0 Å². The molecule has 0 saturated carbocycles. The van der Waals surface area contributed by atoms with Crippen molar-refractivity contribution in [3.63, 3.8) is 0 Å². The van der Waals surface area contributed by atoms with Gasteiger partial charge in [-0.15, -0.1) is 0 Å². The number of carbonyl (C=O) groups is 4. The first-order chi connectivity index (χ1) is 12.6. The third kappa shape index (κ3) is 17.8. The summed E-state index contributed by atoms with van der Waals surface area (Å²) in [6.45, 7) is 2.02. The standard InChI is InChI=1S/C14H25N3O8.ClH.Ru/c1-2-15(3-5-16(7-11(18)19)8-12(20)21)4-6-17(9-13(22)23)10-14(24)25;;/h2-10H2,1H3,(H,18,19)(H,20,21)(H,22,23)(H,24,25);1H;/q;;+1/p-1. The van der Waals surface area contributed by atoms with Crippen LogP contribution in [0.15, 0.2) is 0 Å². The molecule has 0 aliphatic carbocycles.